The van der Waals surface area contributed by atoms with Crippen molar-refractivity contribution in [1.82, 2.24) is 0 Å². The molecule has 0 saturated heterocycles. The van der Waals surface area contributed by atoms with E-state index in [1.54, 1.807) is 0 Å². The van der Waals surface area contributed by atoms with Gasteiger partial charge >= 0.3 is 0 Å². The molecule has 35 heavy (non-hydrogen) atoms. The second-order valence-corrected chi connectivity index (χ2v) is 14.2. The molecule has 2 N–H and O–H groups in total. The van der Waals surface area contributed by atoms with E-state index in [-0.39, 0.29) is 45.3 Å². The lowest BCUT2D eigenvalue weighted by Gasteiger charge is -2.69. The molecular weight excluding hydrogens is 432 g/mol. The first kappa shape index (κ1) is 24.9. The van der Waals surface area contributed by atoms with Crippen LogP contribution in [0.1, 0.15) is 87.0 Å². The average molecular weight is 477 g/mol. The molecule has 190 valence electrons. The van der Waals surface area contributed by atoms with Gasteiger partial charge in [-0.05, 0) is 91.1 Å². The number of ketones is 2. The van der Waals surface area contributed by atoms with E-state index in [0.29, 0.717) is 24.3 Å². The minimum atomic E-state index is -0.610. The monoisotopic (exact) mass is 476 g/mol. The minimum absolute atomic E-state index is 0.00556. The fourth-order valence-corrected chi connectivity index (χ4v) is 10.3. The van der Waals surface area contributed by atoms with E-state index in [1.165, 1.54) is 12.0 Å². The van der Waals surface area contributed by atoms with Crippen LogP contribution in [0.15, 0.2) is 23.4 Å². The van der Waals surface area contributed by atoms with Crippen LogP contribution in [-0.2, 0) is 9.59 Å². The van der Waals surface area contributed by atoms with Crippen LogP contribution >= 0.6 is 0 Å². The van der Waals surface area contributed by atoms with E-state index in [0.717, 1.165) is 32.1 Å². The Kier molecular flexibility index (Phi) is 5.28. The standard InChI is InChI=1S/C31H44N2O2/c1-18-9-12-31(17-32)14-13-30(7)25(24(31)19(18)2)21(34)15-23-28(5)16-20(33-8)26(35)27(3,4)22(28)10-11-29(23,30)6/h15-16,18-19,22,24-25H,9-14,17,32H2,1-7H3/t18-,19+,22+,24+,25-,28+,29-,30-,31-/m1/s1. The number of rotatable bonds is 1. The Balaban J connectivity index is 1.71. The molecule has 0 aromatic carbocycles. The number of hydrogen-bond donors (Lipinski definition) is 1. The summed E-state index contributed by atoms with van der Waals surface area (Å²) in [5.74, 6) is 1.73. The van der Waals surface area contributed by atoms with Crippen molar-refractivity contribution < 1.29 is 9.59 Å². The number of carbonyl (C=O) groups excluding carboxylic acids is 2. The van der Waals surface area contributed by atoms with E-state index < -0.39 is 10.8 Å². The molecule has 0 amide bonds. The van der Waals surface area contributed by atoms with Crippen molar-refractivity contribution in [2.75, 3.05) is 6.54 Å². The maximum Gasteiger partial charge on any atom is 0.226 e. The summed E-state index contributed by atoms with van der Waals surface area (Å²) in [7, 11) is 0. The highest BCUT2D eigenvalue weighted by atomic mass is 16.1. The van der Waals surface area contributed by atoms with Crippen LogP contribution in [0, 0.1) is 63.2 Å². The molecule has 4 heteroatoms. The molecule has 0 aromatic rings. The third-order valence-corrected chi connectivity index (χ3v) is 12.8. The molecule has 5 rings (SSSR count). The third-order valence-electron chi connectivity index (χ3n) is 12.8. The Morgan fingerprint density at radius 1 is 1.03 bits per heavy atom. The minimum Gasteiger partial charge on any atom is -0.330 e. The van der Waals surface area contributed by atoms with Crippen molar-refractivity contribution in [3.05, 3.63) is 34.8 Å². The summed E-state index contributed by atoms with van der Waals surface area (Å²) in [4.78, 5) is 31.2. The molecule has 4 nitrogen and oxygen atoms in total. The predicted octanol–water partition coefficient (Wildman–Crippen LogP) is 6.37. The molecule has 0 aliphatic heterocycles. The van der Waals surface area contributed by atoms with Crippen LogP contribution in [0.4, 0.5) is 0 Å². The van der Waals surface area contributed by atoms with E-state index in [2.05, 4.69) is 39.5 Å². The summed E-state index contributed by atoms with van der Waals surface area (Å²) >= 11 is 0. The molecule has 0 spiro atoms. The van der Waals surface area contributed by atoms with Crippen molar-refractivity contribution in [2.24, 2.45) is 62.4 Å². The summed E-state index contributed by atoms with van der Waals surface area (Å²) < 4.78 is 0. The van der Waals surface area contributed by atoms with Gasteiger partial charge in [0.1, 0.15) is 0 Å². The Morgan fingerprint density at radius 3 is 2.34 bits per heavy atom. The highest BCUT2D eigenvalue weighted by Gasteiger charge is 2.69. The second kappa shape index (κ2) is 7.41. The Hall–Kier alpha value is -1.73. The maximum absolute atomic E-state index is 14.3. The largest absolute Gasteiger partial charge is 0.330 e. The molecule has 0 radical (unpaired) electrons. The molecule has 5 aliphatic rings. The van der Waals surface area contributed by atoms with Gasteiger partial charge in [-0.15, -0.1) is 0 Å². The summed E-state index contributed by atoms with van der Waals surface area (Å²) in [5, 5.41) is 0. The molecule has 9 atom stereocenters. The topological polar surface area (TPSA) is 64.5 Å². The molecule has 0 heterocycles. The molecule has 0 aromatic heterocycles. The molecular formula is C31H44N2O2. The number of fused-ring (bicyclic) bond motifs is 7. The second-order valence-electron chi connectivity index (χ2n) is 14.2. The molecule has 5 aliphatic carbocycles. The van der Waals surface area contributed by atoms with Gasteiger partial charge in [-0.1, -0.05) is 60.1 Å². The van der Waals surface area contributed by atoms with Crippen LogP contribution in [0.3, 0.4) is 0 Å². The van der Waals surface area contributed by atoms with Crippen LogP contribution in [0.25, 0.3) is 4.85 Å². The number of nitrogens with two attached hydrogens (primary N) is 1. The number of Topliss-reactive ketones (excluding diaryl/α,β-unsaturated/α-hetero) is 1. The van der Waals surface area contributed by atoms with E-state index in [9.17, 15) is 9.59 Å². The first-order valence-corrected chi connectivity index (χ1v) is 13.9. The lowest BCUT2D eigenvalue weighted by atomic mass is 9.34. The van der Waals surface area contributed by atoms with Gasteiger partial charge in [-0.2, -0.15) is 0 Å². The van der Waals surface area contributed by atoms with Gasteiger partial charge in [-0.25, -0.2) is 4.85 Å². The normalized spacial score (nSPS) is 50.5. The lowest BCUT2D eigenvalue weighted by Crippen LogP contribution is -2.66. The Labute approximate surface area is 212 Å². The van der Waals surface area contributed by atoms with E-state index >= 15 is 0 Å². The van der Waals surface area contributed by atoms with Crippen molar-refractivity contribution in [3.63, 3.8) is 0 Å². The van der Waals surface area contributed by atoms with Gasteiger partial charge in [-0.3, -0.25) is 4.79 Å². The van der Waals surface area contributed by atoms with E-state index in [1.807, 2.05) is 26.0 Å². The SMILES string of the molecule is [C-]#[N+]C1=C[C@]2(C)C3=CC(=O)[C@@H]4[C@@H]5[C@@H](C)[C@H](C)CC[C@]5(CN)CC[C@@]4(C)[C@]3(C)CC[C@H]2C(C)(C)C1=O. The number of hydrogen-bond acceptors (Lipinski definition) is 3. The van der Waals surface area contributed by atoms with Gasteiger partial charge in [0.25, 0.3) is 0 Å². The van der Waals surface area contributed by atoms with Crippen molar-refractivity contribution in [3.8, 4) is 0 Å². The Morgan fingerprint density at radius 2 is 1.71 bits per heavy atom. The Bertz CT molecular complexity index is 1090. The first-order valence-electron chi connectivity index (χ1n) is 13.9. The predicted molar refractivity (Wildman–Crippen MR) is 139 cm³/mol. The quantitative estimate of drug-likeness (QED) is 0.447. The van der Waals surface area contributed by atoms with E-state index in [4.69, 9.17) is 12.3 Å². The zero-order chi connectivity index (χ0) is 25.8. The lowest BCUT2D eigenvalue weighted by molar-refractivity contribution is -0.175. The van der Waals surface area contributed by atoms with Gasteiger partial charge in [0.15, 0.2) is 11.6 Å². The highest BCUT2D eigenvalue weighted by molar-refractivity contribution is 6.03. The fraction of sp³-hybridized carbons (Fsp3) is 0.774. The van der Waals surface area contributed by atoms with Crippen molar-refractivity contribution in [1.29, 1.82) is 0 Å². The molecule has 3 fully saturated rings. The first-order chi connectivity index (χ1) is 16.2. The molecule has 3 saturated carbocycles. The fourth-order valence-electron chi connectivity index (χ4n) is 10.3. The summed E-state index contributed by atoms with van der Waals surface area (Å²) in [5.41, 5.74) is 6.67. The van der Waals surface area contributed by atoms with Gasteiger partial charge in [0.05, 0.1) is 6.57 Å². The van der Waals surface area contributed by atoms with Crippen LogP contribution in [-0.4, -0.2) is 18.1 Å². The number of nitrogens with zero attached hydrogens (tertiary/aromatic N) is 1. The zero-order valence-corrected chi connectivity index (χ0v) is 22.8. The molecule has 0 unspecified atom stereocenters. The van der Waals surface area contributed by atoms with Crippen LogP contribution < -0.4 is 5.73 Å². The van der Waals surface area contributed by atoms with Gasteiger partial charge in [0.2, 0.25) is 5.70 Å². The maximum atomic E-state index is 14.3. The smallest absolute Gasteiger partial charge is 0.226 e. The summed E-state index contributed by atoms with van der Waals surface area (Å²) in [6.07, 6.45) is 10.3. The van der Waals surface area contributed by atoms with Gasteiger partial charge in [0, 0.05) is 16.7 Å². The zero-order valence-electron chi connectivity index (χ0n) is 22.8. The summed E-state index contributed by atoms with van der Waals surface area (Å²) in [6, 6.07) is 0. The molecule has 0 bridgehead atoms. The van der Waals surface area contributed by atoms with Crippen molar-refractivity contribution >= 4 is 11.6 Å². The highest BCUT2D eigenvalue weighted by Crippen LogP contribution is 2.74. The van der Waals surface area contributed by atoms with Gasteiger partial charge < -0.3 is 10.5 Å². The average Bonchev–Trinajstić information content (AvgIpc) is 2.81. The third kappa shape index (κ3) is 2.83. The van der Waals surface area contributed by atoms with Crippen LogP contribution in [0.5, 0.6) is 0 Å². The number of allylic oxidation sites excluding steroid dienone is 4. The van der Waals surface area contributed by atoms with Crippen LogP contribution in [0.2, 0.25) is 0 Å². The summed E-state index contributed by atoms with van der Waals surface area (Å²) in [6.45, 7) is 24.2. The van der Waals surface area contributed by atoms with Crippen molar-refractivity contribution in [2.45, 2.75) is 87.0 Å². The number of carbonyl (C=O) groups is 2.